The Labute approximate surface area is 168 Å². The quantitative estimate of drug-likeness (QED) is 0.725. The number of nitrogens with zero attached hydrogens (tertiary/aromatic N) is 1. The maximum atomic E-state index is 9.33. The third-order valence-corrected chi connectivity index (χ3v) is 6.37. The SMILES string of the molecule is COC1CC(OCC(C)(C)C(C)(C)C#Cc2ccc(OC3CC(O)C3)cn2)C1. The van der Waals surface area contributed by atoms with Crippen LogP contribution < -0.4 is 4.74 Å². The van der Waals surface area contributed by atoms with Crippen LogP contribution in [-0.4, -0.2) is 48.2 Å². The second kappa shape index (κ2) is 8.41. The van der Waals surface area contributed by atoms with Crippen molar-refractivity contribution < 1.29 is 19.3 Å². The van der Waals surface area contributed by atoms with Gasteiger partial charge in [0.15, 0.2) is 0 Å². The number of aliphatic hydroxyl groups excluding tert-OH is 1. The van der Waals surface area contributed by atoms with Crippen molar-refractivity contribution in [3.05, 3.63) is 24.0 Å². The van der Waals surface area contributed by atoms with Crippen LogP contribution in [0.5, 0.6) is 5.75 Å². The second-order valence-electron chi connectivity index (χ2n) is 9.27. The lowest BCUT2D eigenvalue weighted by atomic mass is 9.69. The molecule has 0 bridgehead atoms. The highest BCUT2D eigenvalue weighted by Gasteiger charge is 2.38. The van der Waals surface area contributed by atoms with Gasteiger partial charge in [-0.25, -0.2) is 4.98 Å². The molecule has 2 saturated carbocycles. The summed E-state index contributed by atoms with van der Waals surface area (Å²) in [5, 5.41) is 9.33. The highest BCUT2D eigenvalue weighted by Crippen LogP contribution is 2.39. The summed E-state index contributed by atoms with van der Waals surface area (Å²) in [6, 6.07) is 3.78. The monoisotopic (exact) mass is 387 g/mol. The van der Waals surface area contributed by atoms with Gasteiger partial charge in [-0.1, -0.05) is 19.8 Å². The third kappa shape index (κ3) is 5.05. The lowest BCUT2D eigenvalue weighted by molar-refractivity contribution is -0.114. The first-order valence-electron chi connectivity index (χ1n) is 10.2. The first-order valence-corrected chi connectivity index (χ1v) is 10.2. The van der Waals surface area contributed by atoms with E-state index in [9.17, 15) is 5.11 Å². The summed E-state index contributed by atoms with van der Waals surface area (Å²) in [6.07, 6.45) is 5.60. The van der Waals surface area contributed by atoms with Crippen LogP contribution in [-0.2, 0) is 9.47 Å². The van der Waals surface area contributed by atoms with E-state index in [1.807, 2.05) is 12.1 Å². The van der Waals surface area contributed by atoms with Crippen LogP contribution in [0.1, 0.15) is 59.1 Å². The highest BCUT2D eigenvalue weighted by atomic mass is 16.5. The standard InChI is InChI=1S/C23H33NO4/c1-22(2,23(3,4)15-27-20-12-19(13-20)26-5)9-8-16-6-7-18(14-24-16)28-21-10-17(25)11-21/h6-7,14,17,19-21,25H,10-13,15H2,1-5H3. The minimum absolute atomic E-state index is 0.0910. The van der Waals surface area contributed by atoms with Crippen LogP contribution in [0.3, 0.4) is 0 Å². The number of ether oxygens (including phenoxy) is 3. The molecule has 3 rings (SSSR count). The van der Waals surface area contributed by atoms with Crippen LogP contribution in [0, 0.1) is 22.7 Å². The predicted molar refractivity (Wildman–Crippen MR) is 108 cm³/mol. The van der Waals surface area contributed by atoms with Crippen molar-refractivity contribution in [3.8, 4) is 17.6 Å². The normalized spacial score (nSPS) is 27.2. The van der Waals surface area contributed by atoms with E-state index in [0.29, 0.717) is 31.7 Å². The molecule has 0 aliphatic heterocycles. The molecule has 28 heavy (non-hydrogen) atoms. The molecule has 0 atom stereocenters. The number of methoxy groups -OCH3 is 1. The second-order valence-corrected chi connectivity index (χ2v) is 9.27. The molecule has 154 valence electrons. The Balaban J connectivity index is 1.53. The zero-order valence-corrected chi connectivity index (χ0v) is 17.7. The molecule has 0 radical (unpaired) electrons. The summed E-state index contributed by atoms with van der Waals surface area (Å²) >= 11 is 0. The molecule has 1 N–H and O–H groups in total. The van der Waals surface area contributed by atoms with E-state index >= 15 is 0 Å². The Morgan fingerprint density at radius 3 is 2.36 bits per heavy atom. The van der Waals surface area contributed by atoms with Crippen molar-refractivity contribution in [2.75, 3.05) is 13.7 Å². The molecule has 0 unspecified atom stereocenters. The van der Waals surface area contributed by atoms with E-state index < -0.39 is 0 Å². The number of aliphatic hydroxyl groups is 1. The summed E-state index contributed by atoms with van der Waals surface area (Å²) in [4.78, 5) is 4.40. The van der Waals surface area contributed by atoms with Crippen LogP contribution in [0.2, 0.25) is 0 Å². The minimum atomic E-state index is -0.226. The van der Waals surface area contributed by atoms with Gasteiger partial charge in [-0.05, 0) is 44.7 Å². The van der Waals surface area contributed by atoms with Crippen LogP contribution in [0.15, 0.2) is 18.3 Å². The summed E-state index contributed by atoms with van der Waals surface area (Å²) < 4.78 is 17.2. The summed E-state index contributed by atoms with van der Waals surface area (Å²) in [5.74, 6) is 7.33. The minimum Gasteiger partial charge on any atom is -0.489 e. The molecule has 0 aromatic carbocycles. The molecule has 1 heterocycles. The molecule has 5 nitrogen and oxygen atoms in total. The van der Waals surface area contributed by atoms with Gasteiger partial charge in [-0.2, -0.15) is 0 Å². The molecule has 1 aromatic heterocycles. The molecule has 0 saturated heterocycles. The Kier molecular flexibility index (Phi) is 6.34. The topological polar surface area (TPSA) is 60.8 Å². The zero-order chi connectivity index (χ0) is 20.4. The van der Waals surface area contributed by atoms with E-state index in [1.165, 1.54) is 0 Å². The summed E-state index contributed by atoms with van der Waals surface area (Å²) in [5.41, 5.74) is 0.412. The van der Waals surface area contributed by atoms with E-state index in [2.05, 4.69) is 44.5 Å². The first-order chi connectivity index (χ1) is 13.2. The molecule has 2 fully saturated rings. The van der Waals surface area contributed by atoms with Gasteiger partial charge in [-0.3, -0.25) is 0 Å². The Morgan fingerprint density at radius 1 is 1.07 bits per heavy atom. The molecule has 1 aromatic rings. The highest BCUT2D eigenvalue weighted by molar-refractivity contribution is 5.33. The van der Waals surface area contributed by atoms with Crippen molar-refractivity contribution in [1.82, 2.24) is 4.98 Å². The van der Waals surface area contributed by atoms with E-state index in [1.54, 1.807) is 13.3 Å². The van der Waals surface area contributed by atoms with Gasteiger partial charge in [0, 0.05) is 30.8 Å². The number of hydrogen-bond acceptors (Lipinski definition) is 5. The first kappa shape index (κ1) is 21.1. The molecular formula is C23H33NO4. The maximum Gasteiger partial charge on any atom is 0.138 e. The number of pyridine rings is 1. The molecular weight excluding hydrogens is 354 g/mol. The fourth-order valence-corrected chi connectivity index (χ4v) is 3.09. The van der Waals surface area contributed by atoms with Gasteiger partial charge in [0.25, 0.3) is 0 Å². The average Bonchev–Trinajstić information content (AvgIpc) is 2.58. The number of rotatable bonds is 7. The predicted octanol–water partition coefficient (Wildman–Crippen LogP) is 3.58. The zero-order valence-electron chi connectivity index (χ0n) is 17.7. The van der Waals surface area contributed by atoms with Crippen molar-refractivity contribution in [2.24, 2.45) is 10.8 Å². The largest absolute Gasteiger partial charge is 0.489 e. The summed E-state index contributed by atoms with van der Waals surface area (Å²) in [6.45, 7) is 9.38. The van der Waals surface area contributed by atoms with Crippen LogP contribution in [0.4, 0.5) is 0 Å². The lowest BCUT2D eigenvalue weighted by Crippen LogP contribution is -2.42. The smallest absolute Gasteiger partial charge is 0.138 e. The summed E-state index contributed by atoms with van der Waals surface area (Å²) in [7, 11) is 1.76. The van der Waals surface area contributed by atoms with Crippen LogP contribution >= 0.6 is 0 Å². The van der Waals surface area contributed by atoms with E-state index in [0.717, 1.165) is 24.3 Å². The molecule has 2 aliphatic carbocycles. The van der Waals surface area contributed by atoms with Crippen molar-refractivity contribution in [2.45, 2.75) is 77.8 Å². The van der Waals surface area contributed by atoms with E-state index in [4.69, 9.17) is 14.2 Å². The van der Waals surface area contributed by atoms with E-state index in [-0.39, 0.29) is 23.0 Å². The lowest BCUT2D eigenvalue weighted by Gasteiger charge is -2.41. The van der Waals surface area contributed by atoms with Gasteiger partial charge in [-0.15, -0.1) is 0 Å². The Bertz CT molecular complexity index is 704. The van der Waals surface area contributed by atoms with Gasteiger partial charge >= 0.3 is 0 Å². The van der Waals surface area contributed by atoms with Gasteiger partial charge in [0.05, 0.1) is 31.1 Å². The molecule has 2 aliphatic rings. The molecule has 0 spiro atoms. The Hall–Kier alpha value is -1.61. The van der Waals surface area contributed by atoms with Crippen molar-refractivity contribution in [3.63, 3.8) is 0 Å². The molecule has 5 heteroatoms. The average molecular weight is 388 g/mol. The van der Waals surface area contributed by atoms with Crippen molar-refractivity contribution in [1.29, 1.82) is 0 Å². The Morgan fingerprint density at radius 2 is 1.79 bits per heavy atom. The number of hydrogen-bond donors (Lipinski definition) is 1. The fraction of sp³-hybridized carbons (Fsp3) is 0.696. The maximum absolute atomic E-state index is 9.33. The third-order valence-electron chi connectivity index (χ3n) is 6.37. The molecule has 0 amide bonds. The number of aromatic nitrogens is 1. The van der Waals surface area contributed by atoms with Crippen LogP contribution in [0.25, 0.3) is 0 Å². The van der Waals surface area contributed by atoms with Gasteiger partial charge < -0.3 is 19.3 Å². The van der Waals surface area contributed by atoms with Gasteiger partial charge in [0.1, 0.15) is 17.5 Å². The van der Waals surface area contributed by atoms with Gasteiger partial charge in [0.2, 0.25) is 0 Å². The fourth-order valence-electron chi connectivity index (χ4n) is 3.09. The van der Waals surface area contributed by atoms with Crippen molar-refractivity contribution >= 4 is 0 Å².